The summed E-state index contributed by atoms with van der Waals surface area (Å²) in [4.78, 5) is 13.0. The Bertz CT molecular complexity index is 1100. The van der Waals surface area contributed by atoms with Gasteiger partial charge in [-0.05, 0) is 12.5 Å². The van der Waals surface area contributed by atoms with Gasteiger partial charge in [-0.25, -0.2) is 0 Å². The number of aryl methyl sites for hydroxylation is 1. The molecule has 1 amide bonds. The van der Waals surface area contributed by atoms with E-state index in [4.69, 9.17) is 5.10 Å². The number of rotatable bonds is 8. The Morgan fingerprint density at radius 3 is 2.50 bits per heavy atom. The van der Waals surface area contributed by atoms with Gasteiger partial charge in [-0.15, -0.1) is 10.2 Å². The average Bonchev–Trinajstić information content (AvgIpc) is 3.42. The van der Waals surface area contributed by atoms with E-state index in [9.17, 15) is 4.79 Å². The molecule has 0 bridgehead atoms. The Hall–Kier alpha value is -3.74. The first kappa shape index (κ1) is 19.6. The zero-order valence-electron chi connectivity index (χ0n) is 16.9. The van der Waals surface area contributed by atoms with Crippen LogP contribution in [0.4, 0.5) is 0 Å². The van der Waals surface area contributed by atoms with Gasteiger partial charge in [0, 0.05) is 31.3 Å². The molecule has 2 aromatic heterocycles. The third kappa shape index (κ3) is 4.46. The lowest BCUT2D eigenvalue weighted by Gasteiger charge is -2.06. The standard InChI is InChI=1S/C23H24N6O/c1-2-28-17-25-26-21(28)13-14-24-23(30)20-16-29(15-18-9-5-3-6-10-18)27-22(20)19-11-7-4-8-12-19/h3-12,16-17H,2,13-15H2,1H3,(H,24,30). The minimum atomic E-state index is -0.143. The topological polar surface area (TPSA) is 77.6 Å². The van der Waals surface area contributed by atoms with Crippen LogP contribution in [0.3, 0.4) is 0 Å². The summed E-state index contributed by atoms with van der Waals surface area (Å²) in [5.74, 6) is 0.719. The highest BCUT2D eigenvalue weighted by molar-refractivity contribution is 5.99. The van der Waals surface area contributed by atoms with Crippen LogP contribution in [-0.4, -0.2) is 37.0 Å². The predicted molar refractivity (Wildman–Crippen MR) is 115 cm³/mol. The molecule has 2 aromatic carbocycles. The number of benzene rings is 2. The quantitative estimate of drug-likeness (QED) is 0.493. The van der Waals surface area contributed by atoms with Gasteiger partial charge in [0.2, 0.25) is 0 Å². The lowest BCUT2D eigenvalue weighted by Crippen LogP contribution is -2.26. The molecule has 0 spiro atoms. The molecule has 0 aliphatic rings. The molecule has 4 aromatic rings. The summed E-state index contributed by atoms with van der Waals surface area (Å²) in [7, 11) is 0. The highest BCUT2D eigenvalue weighted by atomic mass is 16.1. The fourth-order valence-corrected chi connectivity index (χ4v) is 3.37. The molecule has 4 rings (SSSR count). The number of carbonyl (C=O) groups is 1. The van der Waals surface area contributed by atoms with Crippen molar-refractivity contribution in [3.63, 3.8) is 0 Å². The SMILES string of the molecule is CCn1cnnc1CCNC(=O)c1cn(Cc2ccccc2)nc1-c1ccccc1. The zero-order valence-corrected chi connectivity index (χ0v) is 16.9. The van der Waals surface area contributed by atoms with E-state index in [1.54, 1.807) is 6.33 Å². The Balaban J connectivity index is 1.53. The molecule has 0 fully saturated rings. The summed E-state index contributed by atoms with van der Waals surface area (Å²) in [5.41, 5.74) is 3.29. The Morgan fingerprint density at radius 2 is 1.77 bits per heavy atom. The molecule has 7 nitrogen and oxygen atoms in total. The van der Waals surface area contributed by atoms with E-state index < -0.39 is 0 Å². The Morgan fingerprint density at radius 1 is 1.03 bits per heavy atom. The van der Waals surface area contributed by atoms with Crippen LogP contribution >= 0.6 is 0 Å². The molecule has 0 aliphatic carbocycles. The Kier molecular flexibility index (Phi) is 5.98. The fourth-order valence-electron chi connectivity index (χ4n) is 3.37. The van der Waals surface area contributed by atoms with Crippen LogP contribution in [0.2, 0.25) is 0 Å². The summed E-state index contributed by atoms with van der Waals surface area (Å²) >= 11 is 0. The number of nitrogens with zero attached hydrogens (tertiary/aromatic N) is 5. The Labute approximate surface area is 175 Å². The average molecular weight is 400 g/mol. The molecular formula is C23H24N6O. The number of nitrogens with one attached hydrogen (secondary N) is 1. The van der Waals surface area contributed by atoms with Crippen LogP contribution < -0.4 is 5.32 Å². The van der Waals surface area contributed by atoms with E-state index >= 15 is 0 Å². The second-order valence-corrected chi connectivity index (χ2v) is 6.98. The van der Waals surface area contributed by atoms with Crippen LogP contribution in [0.15, 0.2) is 73.2 Å². The molecule has 7 heteroatoms. The third-order valence-corrected chi connectivity index (χ3v) is 4.91. The van der Waals surface area contributed by atoms with Crippen molar-refractivity contribution >= 4 is 5.91 Å². The normalized spacial score (nSPS) is 10.8. The first-order valence-electron chi connectivity index (χ1n) is 10.1. The maximum atomic E-state index is 13.0. The van der Waals surface area contributed by atoms with Gasteiger partial charge in [-0.3, -0.25) is 9.48 Å². The van der Waals surface area contributed by atoms with Crippen molar-refractivity contribution in [1.82, 2.24) is 29.9 Å². The van der Waals surface area contributed by atoms with E-state index in [-0.39, 0.29) is 5.91 Å². The maximum absolute atomic E-state index is 13.0. The van der Waals surface area contributed by atoms with Crippen LogP contribution in [0.1, 0.15) is 28.7 Å². The van der Waals surface area contributed by atoms with Gasteiger partial charge in [0.05, 0.1) is 12.1 Å². The molecule has 0 unspecified atom stereocenters. The van der Waals surface area contributed by atoms with E-state index in [0.29, 0.717) is 30.8 Å². The van der Waals surface area contributed by atoms with Crippen molar-refractivity contribution in [3.05, 3.63) is 90.1 Å². The molecule has 0 saturated carbocycles. The minimum absolute atomic E-state index is 0.143. The third-order valence-electron chi connectivity index (χ3n) is 4.91. The van der Waals surface area contributed by atoms with Crippen molar-refractivity contribution in [2.45, 2.75) is 26.4 Å². The summed E-state index contributed by atoms with van der Waals surface area (Å²) < 4.78 is 3.79. The fraction of sp³-hybridized carbons (Fsp3) is 0.217. The highest BCUT2D eigenvalue weighted by Gasteiger charge is 2.18. The van der Waals surface area contributed by atoms with Gasteiger partial charge in [0.25, 0.3) is 5.91 Å². The predicted octanol–water partition coefficient (Wildman–Crippen LogP) is 3.18. The maximum Gasteiger partial charge on any atom is 0.255 e. The van der Waals surface area contributed by atoms with E-state index in [2.05, 4.69) is 15.5 Å². The number of aromatic nitrogens is 5. The smallest absolute Gasteiger partial charge is 0.255 e. The molecule has 152 valence electrons. The molecule has 1 N–H and O–H groups in total. The lowest BCUT2D eigenvalue weighted by atomic mass is 10.1. The minimum Gasteiger partial charge on any atom is -0.351 e. The van der Waals surface area contributed by atoms with Crippen LogP contribution in [0.5, 0.6) is 0 Å². The molecular weight excluding hydrogens is 376 g/mol. The molecule has 0 saturated heterocycles. The van der Waals surface area contributed by atoms with Crippen LogP contribution in [0, 0.1) is 0 Å². The van der Waals surface area contributed by atoms with Crippen molar-refractivity contribution in [3.8, 4) is 11.3 Å². The highest BCUT2D eigenvalue weighted by Crippen LogP contribution is 2.22. The molecule has 0 aliphatic heterocycles. The number of hydrogen-bond donors (Lipinski definition) is 1. The number of hydrogen-bond acceptors (Lipinski definition) is 4. The largest absolute Gasteiger partial charge is 0.351 e. The van der Waals surface area contributed by atoms with E-state index in [1.165, 1.54) is 0 Å². The summed E-state index contributed by atoms with van der Waals surface area (Å²) in [6, 6.07) is 19.9. The van der Waals surface area contributed by atoms with Crippen LogP contribution in [-0.2, 0) is 19.5 Å². The number of carbonyl (C=O) groups excluding carboxylic acids is 1. The summed E-state index contributed by atoms with van der Waals surface area (Å²) in [6.45, 7) is 3.93. The monoisotopic (exact) mass is 400 g/mol. The van der Waals surface area contributed by atoms with E-state index in [0.717, 1.165) is 23.5 Å². The zero-order chi connectivity index (χ0) is 20.8. The number of amides is 1. The second-order valence-electron chi connectivity index (χ2n) is 6.98. The first-order chi connectivity index (χ1) is 14.7. The summed E-state index contributed by atoms with van der Waals surface area (Å²) in [5, 5.41) is 15.8. The van der Waals surface area contributed by atoms with Crippen molar-refractivity contribution in [2.24, 2.45) is 0 Å². The summed E-state index contributed by atoms with van der Waals surface area (Å²) in [6.07, 6.45) is 4.15. The van der Waals surface area contributed by atoms with Gasteiger partial charge in [-0.2, -0.15) is 5.10 Å². The molecule has 0 radical (unpaired) electrons. The van der Waals surface area contributed by atoms with Crippen molar-refractivity contribution in [2.75, 3.05) is 6.54 Å². The molecule has 2 heterocycles. The van der Waals surface area contributed by atoms with Crippen LogP contribution in [0.25, 0.3) is 11.3 Å². The molecule has 0 atom stereocenters. The van der Waals surface area contributed by atoms with E-state index in [1.807, 2.05) is 83.0 Å². The van der Waals surface area contributed by atoms with Gasteiger partial charge in [-0.1, -0.05) is 60.7 Å². The van der Waals surface area contributed by atoms with Crippen molar-refractivity contribution < 1.29 is 4.79 Å². The first-order valence-corrected chi connectivity index (χ1v) is 10.1. The molecule has 30 heavy (non-hydrogen) atoms. The van der Waals surface area contributed by atoms with Gasteiger partial charge in [0.15, 0.2) is 0 Å². The lowest BCUT2D eigenvalue weighted by molar-refractivity contribution is 0.0954. The second kappa shape index (κ2) is 9.17. The van der Waals surface area contributed by atoms with Gasteiger partial charge in [0.1, 0.15) is 17.8 Å². The van der Waals surface area contributed by atoms with Crippen molar-refractivity contribution in [1.29, 1.82) is 0 Å². The van der Waals surface area contributed by atoms with Gasteiger partial charge < -0.3 is 9.88 Å². The van der Waals surface area contributed by atoms with Gasteiger partial charge >= 0.3 is 0 Å².